The maximum absolute atomic E-state index is 12.6. The summed E-state index contributed by atoms with van der Waals surface area (Å²) in [4.78, 5) is 24.1. The third-order valence-electron chi connectivity index (χ3n) is 4.31. The molecule has 0 spiro atoms. The second-order valence-electron chi connectivity index (χ2n) is 6.33. The molecule has 1 aliphatic rings. The fraction of sp³-hybridized carbons (Fsp3) is 0.688. The van der Waals surface area contributed by atoms with Crippen molar-refractivity contribution >= 4 is 23.2 Å². The summed E-state index contributed by atoms with van der Waals surface area (Å²) < 4.78 is 0. The van der Waals surface area contributed by atoms with Crippen LogP contribution in [0.1, 0.15) is 35.6 Å². The molecule has 0 saturated heterocycles. The molecular formula is C16H27N5OS. The zero-order chi connectivity index (χ0) is 16.9. The lowest BCUT2D eigenvalue weighted by molar-refractivity contribution is -0.138. The molecule has 2 rings (SSSR count). The van der Waals surface area contributed by atoms with E-state index in [9.17, 15) is 4.79 Å². The quantitative estimate of drug-likeness (QED) is 0.635. The molecule has 128 valence electrons. The van der Waals surface area contributed by atoms with E-state index in [1.807, 2.05) is 27.2 Å². The van der Waals surface area contributed by atoms with E-state index in [0.717, 1.165) is 36.7 Å². The Morgan fingerprint density at radius 3 is 2.61 bits per heavy atom. The summed E-state index contributed by atoms with van der Waals surface area (Å²) in [5.41, 5.74) is -0.293. The van der Waals surface area contributed by atoms with Crippen LogP contribution in [0.4, 0.5) is 0 Å². The van der Waals surface area contributed by atoms with Crippen molar-refractivity contribution < 1.29 is 4.79 Å². The molecular weight excluding hydrogens is 310 g/mol. The zero-order valence-electron chi connectivity index (χ0n) is 14.5. The van der Waals surface area contributed by atoms with Gasteiger partial charge in [0.2, 0.25) is 5.91 Å². The van der Waals surface area contributed by atoms with E-state index in [-0.39, 0.29) is 11.3 Å². The number of hydrogen-bond donors (Lipinski definition) is 2. The number of aryl methyl sites for hydroxylation is 1. The van der Waals surface area contributed by atoms with Gasteiger partial charge in [0.25, 0.3) is 0 Å². The van der Waals surface area contributed by atoms with E-state index in [2.05, 4.69) is 20.6 Å². The first kappa shape index (κ1) is 17.7. The Hall–Kier alpha value is -1.63. The Labute approximate surface area is 142 Å². The third-order valence-corrected chi connectivity index (χ3v) is 5.23. The summed E-state index contributed by atoms with van der Waals surface area (Å²) in [5, 5.41) is 7.64. The molecule has 1 fully saturated rings. The highest BCUT2D eigenvalue weighted by Gasteiger charge is 2.42. The molecule has 0 aromatic carbocycles. The first-order valence-corrected chi connectivity index (χ1v) is 8.86. The number of guanidine groups is 1. The molecule has 0 atom stereocenters. The van der Waals surface area contributed by atoms with Crippen molar-refractivity contribution in [3.8, 4) is 0 Å². The predicted molar refractivity (Wildman–Crippen MR) is 94.6 cm³/mol. The topological polar surface area (TPSA) is 69.6 Å². The SMILES string of the molecule is CN=C(NCc1ncc(C)s1)NCC1(C(=O)N(C)C)CCCC1. The third kappa shape index (κ3) is 4.43. The zero-order valence-corrected chi connectivity index (χ0v) is 15.3. The second-order valence-corrected chi connectivity index (χ2v) is 7.65. The van der Waals surface area contributed by atoms with Gasteiger partial charge in [-0.3, -0.25) is 9.79 Å². The van der Waals surface area contributed by atoms with E-state index in [0.29, 0.717) is 13.1 Å². The molecule has 1 aliphatic carbocycles. The van der Waals surface area contributed by atoms with Crippen molar-refractivity contribution in [2.45, 2.75) is 39.2 Å². The molecule has 2 N–H and O–H groups in total. The molecule has 7 heteroatoms. The minimum Gasteiger partial charge on any atom is -0.355 e. The molecule has 1 heterocycles. The van der Waals surface area contributed by atoms with Gasteiger partial charge in [0.1, 0.15) is 5.01 Å². The molecule has 6 nitrogen and oxygen atoms in total. The smallest absolute Gasteiger partial charge is 0.230 e. The fourth-order valence-corrected chi connectivity index (χ4v) is 3.84. The Kier molecular flexibility index (Phi) is 5.98. The Balaban J connectivity index is 1.92. The number of hydrogen-bond acceptors (Lipinski definition) is 4. The minimum absolute atomic E-state index is 0.216. The highest BCUT2D eigenvalue weighted by Crippen LogP contribution is 2.38. The molecule has 0 unspecified atom stereocenters. The predicted octanol–water partition coefficient (Wildman–Crippen LogP) is 1.77. The molecule has 1 aromatic heterocycles. The summed E-state index contributed by atoms with van der Waals surface area (Å²) in [7, 11) is 5.41. The Bertz CT molecular complexity index is 561. The Morgan fingerprint density at radius 2 is 2.09 bits per heavy atom. The van der Waals surface area contributed by atoms with Gasteiger partial charge in [0.15, 0.2) is 5.96 Å². The van der Waals surface area contributed by atoms with Gasteiger partial charge >= 0.3 is 0 Å². The molecule has 0 aliphatic heterocycles. The number of nitrogens with zero attached hydrogens (tertiary/aromatic N) is 3. The molecule has 0 radical (unpaired) electrons. The summed E-state index contributed by atoms with van der Waals surface area (Å²) in [6, 6.07) is 0. The van der Waals surface area contributed by atoms with Gasteiger partial charge in [-0.05, 0) is 19.8 Å². The van der Waals surface area contributed by atoms with Crippen LogP contribution < -0.4 is 10.6 Å². The van der Waals surface area contributed by atoms with E-state index in [1.165, 1.54) is 4.88 Å². The average molecular weight is 337 g/mol. The van der Waals surface area contributed by atoms with Crippen LogP contribution in [0.15, 0.2) is 11.2 Å². The van der Waals surface area contributed by atoms with E-state index >= 15 is 0 Å². The van der Waals surface area contributed by atoms with E-state index in [4.69, 9.17) is 0 Å². The van der Waals surface area contributed by atoms with Crippen molar-refractivity contribution in [1.29, 1.82) is 0 Å². The number of aromatic nitrogens is 1. The van der Waals surface area contributed by atoms with Gasteiger partial charge in [-0.2, -0.15) is 0 Å². The van der Waals surface area contributed by atoms with Crippen LogP contribution in [0.2, 0.25) is 0 Å². The maximum atomic E-state index is 12.6. The number of amides is 1. The van der Waals surface area contributed by atoms with Crippen LogP contribution in [0.25, 0.3) is 0 Å². The van der Waals surface area contributed by atoms with E-state index < -0.39 is 0 Å². The van der Waals surface area contributed by atoms with Crippen LogP contribution >= 0.6 is 11.3 Å². The second kappa shape index (κ2) is 7.77. The number of aliphatic imine (C=N–C) groups is 1. The minimum atomic E-state index is -0.293. The van der Waals surface area contributed by atoms with Gasteiger partial charge in [-0.15, -0.1) is 11.3 Å². The fourth-order valence-electron chi connectivity index (χ4n) is 3.11. The maximum Gasteiger partial charge on any atom is 0.230 e. The van der Waals surface area contributed by atoms with Crippen molar-refractivity contribution in [3.05, 3.63) is 16.1 Å². The molecule has 0 bridgehead atoms. The van der Waals surface area contributed by atoms with Gasteiger partial charge in [0, 0.05) is 38.8 Å². The van der Waals surface area contributed by atoms with Crippen molar-refractivity contribution in [3.63, 3.8) is 0 Å². The summed E-state index contributed by atoms with van der Waals surface area (Å²) in [6.07, 6.45) is 6.00. The van der Waals surface area contributed by atoms with Crippen LogP contribution in [0, 0.1) is 12.3 Å². The van der Waals surface area contributed by atoms with Crippen molar-refractivity contribution in [2.24, 2.45) is 10.4 Å². The van der Waals surface area contributed by atoms with Crippen molar-refractivity contribution in [2.75, 3.05) is 27.7 Å². The number of carbonyl (C=O) groups is 1. The number of nitrogens with one attached hydrogen (secondary N) is 2. The number of carbonyl (C=O) groups excluding carboxylic acids is 1. The normalized spacial score (nSPS) is 17.1. The highest BCUT2D eigenvalue weighted by molar-refractivity contribution is 7.11. The van der Waals surface area contributed by atoms with Gasteiger partial charge < -0.3 is 15.5 Å². The molecule has 1 amide bonds. The monoisotopic (exact) mass is 337 g/mol. The van der Waals surface area contributed by atoms with Crippen molar-refractivity contribution in [1.82, 2.24) is 20.5 Å². The first-order chi connectivity index (χ1) is 11.0. The van der Waals surface area contributed by atoms with Crippen LogP contribution in [-0.2, 0) is 11.3 Å². The van der Waals surface area contributed by atoms with E-state index in [1.54, 1.807) is 23.3 Å². The number of rotatable bonds is 5. The van der Waals surface area contributed by atoms with Crippen LogP contribution in [0.3, 0.4) is 0 Å². The van der Waals surface area contributed by atoms with Gasteiger partial charge in [0.05, 0.1) is 12.0 Å². The largest absolute Gasteiger partial charge is 0.355 e. The summed E-state index contributed by atoms with van der Waals surface area (Å²) in [5.74, 6) is 0.934. The van der Waals surface area contributed by atoms with Gasteiger partial charge in [-0.25, -0.2) is 4.98 Å². The Morgan fingerprint density at radius 1 is 1.39 bits per heavy atom. The highest BCUT2D eigenvalue weighted by atomic mass is 32.1. The average Bonchev–Trinajstić information content (AvgIpc) is 3.16. The standard InChI is InChI=1S/C16H27N5OS/c1-12-9-18-13(23-12)10-19-15(17-2)20-11-16(7-5-6-8-16)14(22)21(3)4/h9H,5-8,10-11H2,1-4H3,(H2,17,19,20). The lowest BCUT2D eigenvalue weighted by Crippen LogP contribution is -2.49. The van der Waals surface area contributed by atoms with Crippen LogP contribution in [0.5, 0.6) is 0 Å². The summed E-state index contributed by atoms with van der Waals surface area (Å²) >= 11 is 1.67. The molecule has 23 heavy (non-hydrogen) atoms. The lowest BCUT2D eigenvalue weighted by Gasteiger charge is -2.31. The lowest BCUT2D eigenvalue weighted by atomic mass is 9.84. The van der Waals surface area contributed by atoms with Gasteiger partial charge in [-0.1, -0.05) is 12.8 Å². The van der Waals surface area contributed by atoms with Crippen LogP contribution in [-0.4, -0.2) is 49.4 Å². The molecule has 1 aromatic rings. The molecule has 1 saturated carbocycles. The first-order valence-electron chi connectivity index (χ1n) is 8.04. The number of thiazole rings is 1. The summed E-state index contributed by atoms with van der Waals surface area (Å²) in [6.45, 7) is 3.32.